The van der Waals surface area contributed by atoms with Gasteiger partial charge in [-0.05, 0) is 40.2 Å². The molecule has 18 heavy (non-hydrogen) atoms. The minimum absolute atomic E-state index is 0.0227. The fourth-order valence-corrected chi connectivity index (χ4v) is 2.22. The Hall–Kier alpha value is -1.10. The van der Waals surface area contributed by atoms with E-state index in [0.717, 1.165) is 19.4 Å². The molecule has 0 unspecified atom stereocenters. The van der Waals surface area contributed by atoms with Crippen LogP contribution in [0.1, 0.15) is 33.6 Å². The van der Waals surface area contributed by atoms with Crippen molar-refractivity contribution in [3.63, 3.8) is 0 Å². The molecular formula is C13H24N2O3. The van der Waals surface area contributed by atoms with Crippen LogP contribution in [-0.4, -0.2) is 49.1 Å². The number of ether oxygens (including phenoxy) is 1. The highest BCUT2D eigenvalue weighted by Crippen LogP contribution is 2.17. The van der Waals surface area contributed by atoms with E-state index in [4.69, 9.17) is 4.74 Å². The molecular weight excluding hydrogens is 232 g/mol. The van der Waals surface area contributed by atoms with Crippen LogP contribution in [0.4, 0.5) is 0 Å². The predicted molar refractivity (Wildman–Crippen MR) is 69.1 cm³/mol. The third-order valence-electron chi connectivity index (χ3n) is 2.94. The highest BCUT2D eigenvalue weighted by molar-refractivity contribution is 5.78. The average molecular weight is 256 g/mol. The van der Waals surface area contributed by atoms with E-state index in [9.17, 15) is 9.59 Å². The summed E-state index contributed by atoms with van der Waals surface area (Å²) in [5.41, 5.74) is 0. The van der Waals surface area contributed by atoms with Crippen molar-refractivity contribution in [1.82, 2.24) is 10.2 Å². The lowest BCUT2D eigenvalue weighted by molar-refractivity contribution is -0.150. The van der Waals surface area contributed by atoms with Crippen molar-refractivity contribution in [1.29, 1.82) is 0 Å². The van der Waals surface area contributed by atoms with Gasteiger partial charge in [-0.3, -0.25) is 14.5 Å². The van der Waals surface area contributed by atoms with Gasteiger partial charge in [0, 0.05) is 12.6 Å². The van der Waals surface area contributed by atoms with E-state index >= 15 is 0 Å². The first kappa shape index (κ1) is 15.0. The molecule has 1 saturated heterocycles. The van der Waals surface area contributed by atoms with Gasteiger partial charge in [0.1, 0.15) is 0 Å². The maximum Gasteiger partial charge on any atom is 0.310 e. The third kappa shape index (κ3) is 5.04. The van der Waals surface area contributed by atoms with Gasteiger partial charge in [-0.1, -0.05) is 0 Å². The van der Waals surface area contributed by atoms with E-state index in [-0.39, 0.29) is 23.8 Å². The van der Waals surface area contributed by atoms with Crippen LogP contribution in [-0.2, 0) is 14.3 Å². The second-order valence-corrected chi connectivity index (χ2v) is 5.05. The summed E-state index contributed by atoms with van der Waals surface area (Å²) in [5.74, 6) is -0.188. The SMILES string of the molecule is CCOC(=O)[C@@H]1CCCN(CC(=O)NC(C)C)C1. The van der Waals surface area contributed by atoms with Gasteiger partial charge in [0.25, 0.3) is 0 Å². The van der Waals surface area contributed by atoms with E-state index < -0.39 is 0 Å². The van der Waals surface area contributed by atoms with Crippen LogP contribution < -0.4 is 5.32 Å². The highest BCUT2D eigenvalue weighted by Gasteiger charge is 2.27. The Balaban J connectivity index is 2.39. The first-order chi connectivity index (χ1) is 8.52. The summed E-state index contributed by atoms with van der Waals surface area (Å²) < 4.78 is 5.03. The van der Waals surface area contributed by atoms with Crippen LogP contribution in [0.2, 0.25) is 0 Å². The van der Waals surface area contributed by atoms with Gasteiger partial charge in [-0.2, -0.15) is 0 Å². The molecule has 0 bridgehead atoms. The Morgan fingerprint density at radius 2 is 2.17 bits per heavy atom. The standard InChI is InChI=1S/C13H24N2O3/c1-4-18-13(17)11-6-5-7-15(8-11)9-12(16)14-10(2)3/h10-11H,4-9H2,1-3H3,(H,14,16)/t11-/m1/s1. The van der Waals surface area contributed by atoms with Crippen molar-refractivity contribution < 1.29 is 14.3 Å². The lowest BCUT2D eigenvalue weighted by atomic mass is 9.98. The second kappa shape index (κ2) is 7.36. The van der Waals surface area contributed by atoms with Gasteiger partial charge in [0.15, 0.2) is 0 Å². The average Bonchev–Trinajstić information content (AvgIpc) is 2.28. The third-order valence-corrected chi connectivity index (χ3v) is 2.94. The summed E-state index contributed by atoms with van der Waals surface area (Å²) in [5, 5.41) is 2.86. The first-order valence-corrected chi connectivity index (χ1v) is 6.71. The zero-order chi connectivity index (χ0) is 13.5. The number of piperidine rings is 1. The fourth-order valence-electron chi connectivity index (χ4n) is 2.22. The first-order valence-electron chi connectivity index (χ1n) is 6.71. The Bertz CT molecular complexity index is 292. The molecule has 104 valence electrons. The molecule has 0 aromatic rings. The molecule has 1 fully saturated rings. The summed E-state index contributed by atoms with van der Waals surface area (Å²) >= 11 is 0. The van der Waals surface area contributed by atoms with Crippen molar-refractivity contribution in [2.75, 3.05) is 26.2 Å². The number of carbonyl (C=O) groups excluding carboxylic acids is 2. The van der Waals surface area contributed by atoms with Crippen LogP contribution in [0.15, 0.2) is 0 Å². The summed E-state index contributed by atoms with van der Waals surface area (Å²) in [7, 11) is 0. The molecule has 0 aliphatic carbocycles. The molecule has 1 atom stereocenters. The lowest BCUT2D eigenvalue weighted by Crippen LogP contribution is -2.45. The molecule has 1 rings (SSSR count). The Labute approximate surface area is 109 Å². The smallest absolute Gasteiger partial charge is 0.310 e. The zero-order valence-electron chi connectivity index (χ0n) is 11.6. The molecule has 0 aromatic heterocycles. The van der Waals surface area contributed by atoms with Crippen LogP contribution in [0.25, 0.3) is 0 Å². The topological polar surface area (TPSA) is 58.6 Å². The van der Waals surface area contributed by atoms with Crippen molar-refractivity contribution >= 4 is 11.9 Å². The number of amides is 1. The van der Waals surface area contributed by atoms with Gasteiger partial charge in [0.2, 0.25) is 5.91 Å². The van der Waals surface area contributed by atoms with Gasteiger partial charge in [-0.25, -0.2) is 0 Å². The molecule has 0 aromatic carbocycles. The van der Waals surface area contributed by atoms with Gasteiger partial charge < -0.3 is 10.1 Å². The molecule has 0 saturated carbocycles. The largest absolute Gasteiger partial charge is 0.466 e. The Morgan fingerprint density at radius 3 is 2.78 bits per heavy atom. The van der Waals surface area contributed by atoms with E-state index in [1.807, 2.05) is 25.7 Å². The maximum atomic E-state index is 11.7. The molecule has 1 aliphatic heterocycles. The number of nitrogens with one attached hydrogen (secondary N) is 1. The summed E-state index contributed by atoms with van der Waals surface area (Å²) in [6.07, 6.45) is 1.81. The number of likely N-dealkylation sites (tertiary alicyclic amines) is 1. The highest BCUT2D eigenvalue weighted by atomic mass is 16.5. The van der Waals surface area contributed by atoms with E-state index in [1.165, 1.54) is 0 Å². The predicted octanol–water partition coefficient (Wildman–Crippen LogP) is 0.786. The molecule has 5 nitrogen and oxygen atoms in total. The van der Waals surface area contributed by atoms with Crippen molar-refractivity contribution in [3.8, 4) is 0 Å². The summed E-state index contributed by atoms with van der Waals surface area (Å²) in [6.45, 7) is 7.99. The van der Waals surface area contributed by atoms with Crippen molar-refractivity contribution in [2.24, 2.45) is 5.92 Å². The van der Waals surface area contributed by atoms with Crippen LogP contribution in [0.5, 0.6) is 0 Å². The minimum Gasteiger partial charge on any atom is -0.466 e. The Kier molecular flexibility index (Phi) is 6.12. The van der Waals surface area contributed by atoms with Gasteiger partial charge in [-0.15, -0.1) is 0 Å². The fraction of sp³-hybridized carbons (Fsp3) is 0.846. The van der Waals surface area contributed by atoms with Crippen LogP contribution >= 0.6 is 0 Å². The molecule has 1 amide bonds. The summed E-state index contributed by atoms with van der Waals surface area (Å²) in [6, 6.07) is 0.156. The van der Waals surface area contributed by atoms with Gasteiger partial charge in [0.05, 0.1) is 19.1 Å². The zero-order valence-corrected chi connectivity index (χ0v) is 11.6. The number of hydrogen-bond acceptors (Lipinski definition) is 4. The number of hydrogen-bond donors (Lipinski definition) is 1. The number of carbonyl (C=O) groups is 2. The van der Waals surface area contributed by atoms with E-state index in [2.05, 4.69) is 5.32 Å². The monoisotopic (exact) mass is 256 g/mol. The number of rotatable bonds is 5. The number of nitrogens with zero attached hydrogens (tertiary/aromatic N) is 1. The maximum absolute atomic E-state index is 11.7. The van der Waals surface area contributed by atoms with Gasteiger partial charge >= 0.3 is 5.97 Å². The summed E-state index contributed by atoms with van der Waals surface area (Å²) in [4.78, 5) is 25.3. The second-order valence-electron chi connectivity index (χ2n) is 5.05. The minimum atomic E-state index is -0.133. The normalized spacial score (nSPS) is 20.8. The van der Waals surface area contributed by atoms with Crippen molar-refractivity contribution in [3.05, 3.63) is 0 Å². The molecule has 0 radical (unpaired) electrons. The quantitative estimate of drug-likeness (QED) is 0.739. The molecule has 0 spiro atoms. The van der Waals surface area contributed by atoms with Crippen LogP contribution in [0, 0.1) is 5.92 Å². The van der Waals surface area contributed by atoms with Crippen molar-refractivity contribution in [2.45, 2.75) is 39.7 Å². The van der Waals surface area contributed by atoms with E-state index in [1.54, 1.807) is 0 Å². The van der Waals surface area contributed by atoms with Crippen LogP contribution in [0.3, 0.4) is 0 Å². The number of esters is 1. The Morgan fingerprint density at radius 1 is 1.44 bits per heavy atom. The molecule has 5 heteroatoms. The molecule has 1 N–H and O–H groups in total. The van der Waals surface area contributed by atoms with E-state index in [0.29, 0.717) is 19.7 Å². The molecule has 1 heterocycles. The molecule has 1 aliphatic rings. The lowest BCUT2D eigenvalue weighted by Gasteiger charge is -2.31.